The van der Waals surface area contributed by atoms with Gasteiger partial charge in [-0.25, -0.2) is 0 Å². The van der Waals surface area contributed by atoms with Crippen molar-refractivity contribution < 1.29 is 0 Å². The molecule has 2 heterocycles. The normalized spacial score (nSPS) is 14.3. The molecule has 1 aromatic carbocycles. The van der Waals surface area contributed by atoms with Gasteiger partial charge < -0.3 is 0 Å². The van der Waals surface area contributed by atoms with E-state index in [0.29, 0.717) is 0 Å². The number of nitrogens with zero attached hydrogens (tertiary/aromatic N) is 1. The first-order chi connectivity index (χ1) is 6.95. The maximum absolute atomic E-state index is 4.44. The van der Waals surface area contributed by atoms with Crippen molar-refractivity contribution in [1.29, 1.82) is 0 Å². The third-order valence-electron chi connectivity index (χ3n) is 2.40. The summed E-state index contributed by atoms with van der Waals surface area (Å²) in [7, 11) is 0. The fourth-order valence-corrected chi connectivity index (χ4v) is 2.57. The molecule has 68 valence electrons. The van der Waals surface area contributed by atoms with Crippen LogP contribution in [-0.2, 0) is 0 Å². The molecule has 0 spiro atoms. The summed E-state index contributed by atoms with van der Waals surface area (Å²) in [6, 6.07) is 8.29. The lowest BCUT2D eigenvalue weighted by atomic mass is 10.1. The van der Waals surface area contributed by atoms with Crippen LogP contribution < -0.4 is 0 Å². The molecule has 0 atom stereocenters. The molecular weight excluding hydrogens is 190 g/mol. The lowest BCUT2D eigenvalue weighted by Gasteiger charge is -2.11. The summed E-state index contributed by atoms with van der Waals surface area (Å²) in [5.41, 5.74) is 2.41. The van der Waals surface area contributed by atoms with Crippen molar-refractivity contribution in [3.8, 4) is 0 Å². The molecule has 0 bridgehead atoms. The van der Waals surface area contributed by atoms with Crippen molar-refractivity contribution in [1.82, 2.24) is 4.98 Å². The van der Waals surface area contributed by atoms with E-state index in [9.17, 15) is 0 Å². The van der Waals surface area contributed by atoms with E-state index < -0.39 is 0 Å². The molecule has 1 aliphatic rings. The van der Waals surface area contributed by atoms with E-state index in [1.807, 2.05) is 24.0 Å². The van der Waals surface area contributed by atoms with E-state index in [2.05, 4.69) is 35.3 Å². The molecule has 2 aromatic rings. The average molecular weight is 199 g/mol. The third kappa shape index (κ3) is 1.15. The summed E-state index contributed by atoms with van der Waals surface area (Å²) in [4.78, 5) is 5.74. The van der Waals surface area contributed by atoms with Gasteiger partial charge in [-0.1, -0.05) is 30.4 Å². The van der Waals surface area contributed by atoms with Gasteiger partial charge in [0, 0.05) is 22.2 Å². The predicted molar refractivity (Wildman–Crippen MR) is 61.5 cm³/mol. The Bertz CT molecular complexity index is 517. The van der Waals surface area contributed by atoms with E-state index >= 15 is 0 Å². The number of hydrogen-bond donors (Lipinski definition) is 0. The third-order valence-corrected chi connectivity index (χ3v) is 3.40. The van der Waals surface area contributed by atoms with Crippen molar-refractivity contribution >= 4 is 28.7 Å². The van der Waals surface area contributed by atoms with Crippen LogP contribution in [0, 0.1) is 0 Å². The Labute approximate surface area is 86.9 Å². The molecule has 2 heteroatoms. The zero-order valence-electron chi connectivity index (χ0n) is 7.60. The molecule has 0 amide bonds. The summed E-state index contributed by atoms with van der Waals surface area (Å²) >= 11 is 1.85. The molecule has 0 radical (unpaired) electrons. The van der Waals surface area contributed by atoms with Crippen molar-refractivity contribution in [2.75, 3.05) is 5.75 Å². The van der Waals surface area contributed by atoms with E-state index in [4.69, 9.17) is 0 Å². The first-order valence-electron chi connectivity index (χ1n) is 4.62. The Morgan fingerprint density at radius 1 is 1.21 bits per heavy atom. The van der Waals surface area contributed by atoms with Crippen LogP contribution in [0.3, 0.4) is 0 Å². The molecule has 0 saturated carbocycles. The monoisotopic (exact) mass is 199 g/mol. The first-order valence-corrected chi connectivity index (χ1v) is 5.61. The average Bonchev–Trinajstić information content (AvgIpc) is 2.29. The Morgan fingerprint density at radius 2 is 2.14 bits per heavy atom. The van der Waals surface area contributed by atoms with Gasteiger partial charge in [0.05, 0.1) is 5.52 Å². The number of thioether (sulfide) groups is 1. The number of rotatable bonds is 0. The molecule has 0 saturated heterocycles. The van der Waals surface area contributed by atoms with Crippen LogP contribution in [0.4, 0.5) is 0 Å². The molecule has 0 fully saturated rings. The SMILES string of the molecule is C1=Cc2c(cnc3ccccc23)SC1. The Balaban J connectivity index is 2.42. The van der Waals surface area contributed by atoms with Crippen molar-refractivity contribution in [3.63, 3.8) is 0 Å². The number of para-hydroxylation sites is 1. The lowest BCUT2D eigenvalue weighted by Crippen LogP contribution is -1.91. The Morgan fingerprint density at radius 3 is 3.14 bits per heavy atom. The van der Waals surface area contributed by atoms with Crippen LogP contribution in [0.15, 0.2) is 41.4 Å². The number of hydrogen-bond acceptors (Lipinski definition) is 2. The topological polar surface area (TPSA) is 12.9 Å². The van der Waals surface area contributed by atoms with E-state index in [1.54, 1.807) is 0 Å². The highest BCUT2D eigenvalue weighted by molar-refractivity contribution is 7.99. The van der Waals surface area contributed by atoms with E-state index in [-0.39, 0.29) is 0 Å². The second kappa shape index (κ2) is 3.14. The summed E-state index contributed by atoms with van der Waals surface area (Å²) in [6.07, 6.45) is 6.39. The molecule has 3 rings (SSSR count). The van der Waals surface area contributed by atoms with Gasteiger partial charge in [0.15, 0.2) is 0 Å². The van der Waals surface area contributed by atoms with Crippen LogP contribution in [0.1, 0.15) is 5.56 Å². The van der Waals surface area contributed by atoms with Crippen molar-refractivity contribution in [2.45, 2.75) is 4.90 Å². The zero-order valence-corrected chi connectivity index (χ0v) is 8.42. The van der Waals surface area contributed by atoms with Crippen LogP contribution in [0.5, 0.6) is 0 Å². The second-order valence-corrected chi connectivity index (χ2v) is 4.33. The standard InChI is InChI=1S/C12H9NS/c1-2-6-11-9(4-1)10-5-3-7-14-12(10)8-13-11/h1-6,8H,7H2. The fourth-order valence-electron chi connectivity index (χ4n) is 1.74. The van der Waals surface area contributed by atoms with Gasteiger partial charge in [0.25, 0.3) is 0 Å². The molecular formula is C12H9NS. The molecule has 14 heavy (non-hydrogen) atoms. The Hall–Kier alpha value is -1.28. The van der Waals surface area contributed by atoms with Crippen LogP contribution in [-0.4, -0.2) is 10.7 Å². The summed E-state index contributed by atoms with van der Waals surface area (Å²) in [5, 5.41) is 1.26. The van der Waals surface area contributed by atoms with Crippen LogP contribution in [0.2, 0.25) is 0 Å². The number of pyridine rings is 1. The Kier molecular flexibility index (Phi) is 1.81. The van der Waals surface area contributed by atoms with Crippen LogP contribution >= 0.6 is 11.8 Å². The summed E-state index contributed by atoms with van der Waals surface area (Å²) < 4.78 is 0. The minimum absolute atomic E-state index is 1.06. The molecule has 1 nitrogen and oxygen atoms in total. The van der Waals surface area contributed by atoms with Gasteiger partial charge in [0.2, 0.25) is 0 Å². The fraction of sp³-hybridized carbons (Fsp3) is 0.0833. The molecule has 1 aliphatic heterocycles. The smallest absolute Gasteiger partial charge is 0.0708 e. The highest BCUT2D eigenvalue weighted by Crippen LogP contribution is 2.32. The lowest BCUT2D eigenvalue weighted by molar-refractivity contribution is 1.28. The quantitative estimate of drug-likeness (QED) is 0.645. The summed E-state index contributed by atoms with van der Waals surface area (Å²) in [6.45, 7) is 0. The molecule has 0 N–H and O–H groups in total. The minimum Gasteiger partial charge on any atom is -0.255 e. The molecule has 0 unspecified atom stereocenters. The summed E-state index contributed by atoms with van der Waals surface area (Å²) in [5.74, 6) is 1.06. The van der Waals surface area contributed by atoms with Gasteiger partial charge >= 0.3 is 0 Å². The highest BCUT2D eigenvalue weighted by Gasteiger charge is 2.08. The highest BCUT2D eigenvalue weighted by atomic mass is 32.2. The number of fused-ring (bicyclic) bond motifs is 3. The van der Waals surface area contributed by atoms with Crippen molar-refractivity contribution in [2.24, 2.45) is 0 Å². The van der Waals surface area contributed by atoms with Gasteiger partial charge in [-0.3, -0.25) is 4.98 Å². The largest absolute Gasteiger partial charge is 0.255 e. The second-order valence-electron chi connectivity index (χ2n) is 3.27. The zero-order chi connectivity index (χ0) is 9.38. The van der Waals surface area contributed by atoms with E-state index in [1.165, 1.54) is 15.8 Å². The first kappa shape index (κ1) is 8.06. The van der Waals surface area contributed by atoms with Crippen LogP contribution in [0.25, 0.3) is 17.0 Å². The maximum Gasteiger partial charge on any atom is 0.0708 e. The molecule has 0 aliphatic carbocycles. The van der Waals surface area contributed by atoms with Gasteiger partial charge in [-0.05, 0) is 11.6 Å². The van der Waals surface area contributed by atoms with Gasteiger partial charge in [0.1, 0.15) is 0 Å². The predicted octanol–water partition coefficient (Wildman–Crippen LogP) is 3.35. The minimum atomic E-state index is 1.06. The van der Waals surface area contributed by atoms with Crippen molar-refractivity contribution in [3.05, 3.63) is 42.1 Å². The number of aromatic nitrogens is 1. The molecule has 1 aromatic heterocycles. The van der Waals surface area contributed by atoms with Gasteiger partial charge in [-0.15, -0.1) is 11.8 Å². The number of benzene rings is 1. The van der Waals surface area contributed by atoms with E-state index in [0.717, 1.165) is 11.3 Å². The van der Waals surface area contributed by atoms with Gasteiger partial charge in [-0.2, -0.15) is 0 Å². The maximum atomic E-state index is 4.44.